The van der Waals surface area contributed by atoms with Crippen molar-refractivity contribution in [2.24, 2.45) is 5.73 Å². The smallest absolute Gasteiger partial charge is 0.330 e. The second-order valence-corrected chi connectivity index (χ2v) is 4.71. The van der Waals surface area contributed by atoms with Gasteiger partial charge in [0.05, 0.1) is 0 Å². The Morgan fingerprint density at radius 1 is 1.57 bits per heavy atom. The molecule has 0 radical (unpaired) electrons. The summed E-state index contributed by atoms with van der Waals surface area (Å²) in [5.41, 5.74) is 6.51. The lowest BCUT2D eigenvalue weighted by Crippen LogP contribution is -2.28. The van der Waals surface area contributed by atoms with Crippen molar-refractivity contribution in [1.82, 2.24) is 10.2 Å². The van der Waals surface area contributed by atoms with E-state index in [1.165, 1.54) is 5.51 Å². The summed E-state index contributed by atoms with van der Waals surface area (Å²) < 4.78 is 37.5. The molecule has 1 atom stereocenters. The van der Waals surface area contributed by atoms with E-state index in [-0.39, 0.29) is 13.0 Å². The zero-order valence-corrected chi connectivity index (χ0v) is 8.62. The standard InChI is InChI=1S/C6H8F3N3S2/c7-6(8,9)4(1-2-10)14-5-12-11-3-13-5/h3-4H,1-2,10H2. The molecule has 3 nitrogen and oxygen atoms in total. The van der Waals surface area contributed by atoms with Gasteiger partial charge in [-0.15, -0.1) is 10.2 Å². The van der Waals surface area contributed by atoms with E-state index in [1.54, 1.807) is 0 Å². The fraction of sp³-hybridized carbons (Fsp3) is 0.667. The van der Waals surface area contributed by atoms with Crippen LogP contribution in [0.4, 0.5) is 13.2 Å². The first-order chi connectivity index (χ1) is 6.54. The first-order valence-electron chi connectivity index (χ1n) is 3.73. The molecular formula is C6H8F3N3S2. The molecule has 0 fully saturated rings. The average molecular weight is 243 g/mol. The van der Waals surface area contributed by atoms with Gasteiger partial charge in [0.1, 0.15) is 10.8 Å². The highest BCUT2D eigenvalue weighted by molar-refractivity contribution is 8.01. The van der Waals surface area contributed by atoms with E-state index in [2.05, 4.69) is 10.2 Å². The van der Waals surface area contributed by atoms with Crippen molar-refractivity contribution in [3.8, 4) is 0 Å². The monoisotopic (exact) mass is 243 g/mol. The molecule has 0 saturated heterocycles. The van der Waals surface area contributed by atoms with Crippen LogP contribution < -0.4 is 5.73 Å². The molecule has 1 aromatic heterocycles. The van der Waals surface area contributed by atoms with Gasteiger partial charge in [-0.3, -0.25) is 0 Å². The number of nitrogens with two attached hydrogens (primary N) is 1. The molecule has 0 aliphatic rings. The fourth-order valence-electron chi connectivity index (χ4n) is 0.777. The number of alkyl halides is 3. The third-order valence-electron chi connectivity index (χ3n) is 1.38. The number of rotatable bonds is 4. The van der Waals surface area contributed by atoms with Crippen molar-refractivity contribution in [3.05, 3.63) is 5.51 Å². The molecule has 0 amide bonds. The van der Waals surface area contributed by atoms with Gasteiger partial charge < -0.3 is 5.73 Å². The van der Waals surface area contributed by atoms with Crippen molar-refractivity contribution in [2.75, 3.05) is 6.54 Å². The van der Waals surface area contributed by atoms with Crippen LogP contribution in [0.25, 0.3) is 0 Å². The molecule has 0 aliphatic carbocycles. The predicted molar refractivity (Wildman–Crippen MR) is 49.3 cm³/mol. The molecular weight excluding hydrogens is 235 g/mol. The Bertz CT molecular complexity index is 262. The summed E-state index contributed by atoms with van der Waals surface area (Å²) in [6, 6.07) is 0. The second kappa shape index (κ2) is 4.94. The summed E-state index contributed by atoms with van der Waals surface area (Å²) in [7, 11) is 0. The van der Waals surface area contributed by atoms with Gasteiger partial charge in [-0.25, -0.2) is 0 Å². The fourth-order valence-corrected chi connectivity index (χ4v) is 2.48. The molecule has 2 N–H and O–H groups in total. The predicted octanol–water partition coefficient (Wildman–Crippen LogP) is 1.91. The van der Waals surface area contributed by atoms with Gasteiger partial charge in [0.15, 0.2) is 4.34 Å². The minimum Gasteiger partial charge on any atom is -0.330 e. The summed E-state index contributed by atoms with van der Waals surface area (Å²) in [6.07, 6.45) is -4.34. The van der Waals surface area contributed by atoms with Crippen molar-refractivity contribution in [3.63, 3.8) is 0 Å². The van der Waals surface area contributed by atoms with Gasteiger partial charge in [-0.05, 0) is 13.0 Å². The summed E-state index contributed by atoms with van der Waals surface area (Å²) in [5, 5.41) is 5.52. The molecule has 0 bridgehead atoms. The number of nitrogens with zero attached hydrogens (tertiary/aromatic N) is 2. The Balaban J connectivity index is 2.60. The molecule has 0 aromatic carbocycles. The highest BCUT2D eigenvalue weighted by atomic mass is 32.2. The van der Waals surface area contributed by atoms with Crippen LogP contribution in [0.5, 0.6) is 0 Å². The highest BCUT2D eigenvalue weighted by Gasteiger charge is 2.40. The van der Waals surface area contributed by atoms with Crippen LogP contribution in [0.2, 0.25) is 0 Å². The first-order valence-corrected chi connectivity index (χ1v) is 5.49. The SMILES string of the molecule is NCCC(Sc1nncs1)C(F)(F)F. The summed E-state index contributed by atoms with van der Waals surface area (Å²) in [5.74, 6) is 0. The van der Waals surface area contributed by atoms with Crippen LogP contribution >= 0.6 is 23.1 Å². The van der Waals surface area contributed by atoms with Crippen LogP contribution in [-0.4, -0.2) is 28.2 Å². The minimum atomic E-state index is -4.24. The van der Waals surface area contributed by atoms with E-state index in [1.807, 2.05) is 0 Å². The van der Waals surface area contributed by atoms with E-state index in [0.29, 0.717) is 16.1 Å². The third kappa shape index (κ3) is 3.43. The molecule has 0 spiro atoms. The maximum Gasteiger partial charge on any atom is 0.401 e. The van der Waals surface area contributed by atoms with Gasteiger partial charge >= 0.3 is 6.18 Å². The molecule has 14 heavy (non-hydrogen) atoms. The van der Waals surface area contributed by atoms with Crippen molar-refractivity contribution < 1.29 is 13.2 Å². The Morgan fingerprint density at radius 2 is 2.29 bits per heavy atom. The number of hydrogen-bond acceptors (Lipinski definition) is 5. The molecule has 0 aliphatic heterocycles. The molecule has 8 heteroatoms. The second-order valence-electron chi connectivity index (χ2n) is 2.43. The number of halogens is 3. The molecule has 80 valence electrons. The third-order valence-corrected chi connectivity index (χ3v) is 3.51. The van der Waals surface area contributed by atoms with Gasteiger partial charge in [0.25, 0.3) is 0 Å². The average Bonchev–Trinajstić information content (AvgIpc) is 2.54. The molecule has 0 saturated carbocycles. The molecule has 1 heterocycles. The maximum atomic E-state index is 12.4. The van der Waals surface area contributed by atoms with Gasteiger partial charge in [-0.1, -0.05) is 23.1 Å². The highest BCUT2D eigenvalue weighted by Crippen LogP contribution is 2.37. The van der Waals surface area contributed by atoms with Crippen LogP contribution in [0.15, 0.2) is 9.85 Å². The minimum absolute atomic E-state index is 0.00990. The van der Waals surface area contributed by atoms with E-state index in [4.69, 9.17) is 5.73 Å². The summed E-state index contributed by atoms with van der Waals surface area (Å²) in [6.45, 7) is 0.00990. The Hall–Kier alpha value is -0.340. The lowest BCUT2D eigenvalue weighted by molar-refractivity contribution is -0.129. The topological polar surface area (TPSA) is 51.8 Å². The van der Waals surface area contributed by atoms with E-state index in [9.17, 15) is 13.2 Å². The van der Waals surface area contributed by atoms with Crippen molar-refractivity contribution in [2.45, 2.75) is 22.2 Å². The van der Waals surface area contributed by atoms with Gasteiger partial charge in [-0.2, -0.15) is 13.2 Å². The maximum absolute atomic E-state index is 12.4. The summed E-state index contributed by atoms with van der Waals surface area (Å²) in [4.78, 5) is 0. The van der Waals surface area contributed by atoms with Crippen LogP contribution in [0.3, 0.4) is 0 Å². The lowest BCUT2D eigenvalue weighted by atomic mass is 10.3. The summed E-state index contributed by atoms with van der Waals surface area (Å²) >= 11 is 1.76. The Labute approximate surface area is 86.9 Å². The molecule has 1 unspecified atom stereocenters. The van der Waals surface area contributed by atoms with E-state index in [0.717, 1.165) is 11.3 Å². The number of aromatic nitrogens is 2. The van der Waals surface area contributed by atoms with Crippen LogP contribution in [0.1, 0.15) is 6.42 Å². The quantitative estimate of drug-likeness (QED) is 0.821. The van der Waals surface area contributed by atoms with E-state index < -0.39 is 11.4 Å². The van der Waals surface area contributed by atoms with Gasteiger partial charge in [0.2, 0.25) is 0 Å². The van der Waals surface area contributed by atoms with E-state index >= 15 is 0 Å². The zero-order chi connectivity index (χ0) is 10.6. The number of thioether (sulfide) groups is 1. The Kier molecular flexibility index (Phi) is 4.14. The van der Waals surface area contributed by atoms with Crippen molar-refractivity contribution in [1.29, 1.82) is 0 Å². The van der Waals surface area contributed by atoms with Crippen LogP contribution in [0, 0.1) is 0 Å². The zero-order valence-electron chi connectivity index (χ0n) is 6.99. The number of hydrogen-bond donors (Lipinski definition) is 1. The first kappa shape index (κ1) is 11.7. The van der Waals surface area contributed by atoms with Gasteiger partial charge in [0, 0.05) is 0 Å². The molecule has 1 aromatic rings. The van der Waals surface area contributed by atoms with Crippen LogP contribution in [-0.2, 0) is 0 Å². The largest absolute Gasteiger partial charge is 0.401 e. The Morgan fingerprint density at radius 3 is 2.71 bits per heavy atom. The van der Waals surface area contributed by atoms with Crippen molar-refractivity contribution >= 4 is 23.1 Å². The normalized spacial score (nSPS) is 14.3. The molecule has 1 rings (SSSR count). The lowest BCUT2D eigenvalue weighted by Gasteiger charge is -2.17.